The number of nitrogens with zero attached hydrogens (tertiary/aromatic N) is 1. The standard InChI is InChI=1S/C7H6BrClF2N2/c8-3-1-5(12)13-4(2-9)6(3)7(10)11/h1,7H,2H2,(H2,12,13). The van der Waals surface area contributed by atoms with Crippen LogP contribution >= 0.6 is 27.5 Å². The number of hydrogen-bond donors (Lipinski definition) is 1. The van der Waals surface area contributed by atoms with Crippen LogP contribution in [0, 0.1) is 0 Å². The normalized spacial score (nSPS) is 10.8. The number of alkyl halides is 3. The van der Waals surface area contributed by atoms with Crippen LogP contribution in [0.1, 0.15) is 17.7 Å². The quantitative estimate of drug-likeness (QED) is 0.840. The Morgan fingerprint density at radius 3 is 2.69 bits per heavy atom. The van der Waals surface area contributed by atoms with Gasteiger partial charge in [-0.15, -0.1) is 11.6 Å². The zero-order chi connectivity index (χ0) is 10.0. The second-order valence-electron chi connectivity index (χ2n) is 2.32. The van der Waals surface area contributed by atoms with Crippen molar-refractivity contribution in [3.05, 3.63) is 21.8 Å². The number of halogens is 4. The first-order valence-electron chi connectivity index (χ1n) is 3.35. The van der Waals surface area contributed by atoms with Crippen molar-refractivity contribution >= 4 is 33.3 Å². The maximum atomic E-state index is 12.4. The molecule has 0 radical (unpaired) electrons. The molecular weight excluding hydrogens is 265 g/mol. The Bertz CT molecular complexity index is 320. The lowest BCUT2D eigenvalue weighted by Crippen LogP contribution is -2.01. The highest BCUT2D eigenvalue weighted by Gasteiger charge is 2.18. The number of aromatic nitrogens is 1. The monoisotopic (exact) mass is 270 g/mol. The van der Waals surface area contributed by atoms with Crippen molar-refractivity contribution < 1.29 is 8.78 Å². The Kier molecular flexibility index (Phi) is 3.44. The Labute approximate surface area is 87.2 Å². The van der Waals surface area contributed by atoms with E-state index >= 15 is 0 Å². The molecule has 0 saturated carbocycles. The molecule has 2 N–H and O–H groups in total. The van der Waals surface area contributed by atoms with Crippen LogP contribution in [0.2, 0.25) is 0 Å². The van der Waals surface area contributed by atoms with E-state index in [1.807, 2.05) is 0 Å². The highest BCUT2D eigenvalue weighted by Crippen LogP contribution is 2.31. The van der Waals surface area contributed by atoms with Crippen LogP contribution in [0.3, 0.4) is 0 Å². The summed E-state index contributed by atoms with van der Waals surface area (Å²) in [6.07, 6.45) is -2.60. The number of nitrogen functional groups attached to an aromatic ring is 1. The first kappa shape index (κ1) is 10.7. The molecule has 0 spiro atoms. The van der Waals surface area contributed by atoms with Crippen molar-refractivity contribution in [1.82, 2.24) is 4.98 Å². The van der Waals surface area contributed by atoms with E-state index in [1.165, 1.54) is 6.07 Å². The maximum absolute atomic E-state index is 12.4. The summed E-state index contributed by atoms with van der Waals surface area (Å²) in [6.45, 7) is 0. The van der Waals surface area contributed by atoms with Gasteiger partial charge in [-0.2, -0.15) is 0 Å². The molecule has 13 heavy (non-hydrogen) atoms. The summed E-state index contributed by atoms with van der Waals surface area (Å²) in [4.78, 5) is 3.71. The molecule has 6 heteroatoms. The van der Waals surface area contributed by atoms with Gasteiger partial charge in [0.2, 0.25) is 0 Å². The molecule has 0 fully saturated rings. The van der Waals surface area contributed by atoms with Gasteiger partial charge < -0.3 is 5.73 Å². The third kappa shape index (κ3) is 2.28. The molecule has 1 aromatic heterocycles. The molecule has 0 aliphatic carbocycles. The summed E-state index contributed by atoms with van der Waals surface area (Å²) in [6, 6.07) is 1.33. The molecule has 2 nitrogen and oxygen atoms in total. The minimum atomic E-state index is -2.60. The smallest absolute Gasteiger partial charge is 0.266 e. The molecule has 0 bridgehead atoms. The van der Waals surface area contributed by atoms with Crippen LogP contribution in [0.15, 0.2) is 10.5 Å². The largest absolute Gasteiger partial charge is 0.384 e. The Balaban J connectivity index is 3.30. The minimum Gasteiger partial charge on any atom is -0.384 e. The summed E-state index contributed by atoms with van der Waals surface area (Å²) < 4.78 is 25.1. The van der Waals surface area contributed by atoms with Crippen molar-refractivity contribution in [2.24, 2.45) is 0 Å². The number of pyridine rings is 1. The zero-order valence-electron chi connectivity index (χ0n) is 6.40. The molecule has 0 aliphatic rings. The van der Waals surface area contributed by atoms with E-state index in [1.54, 1.807) is 0 Å². The fourth-order valence-electron chi connectivity index (χ4n) is 0.926. The van der Waals surface area contributed by atoms with Crippen molar-refractivity contribution in [2.75, 3.05) is 5.73 Å². The maximum Gasteiger partial charge on any atom is 0.266 e. The number of anilines is 1. The molecule has 1 aromatic rings. The fraction of sp³-hybridized carbons (Fsp3) is 0.286. The lowest BCUT2D eigenvalue weighted by atomic mass is 10.2. The number of nitrogens with two attached hydrogens (primary N) is 1. The lowest BCUT2D eigenvalue weighted by Gasteiger charge is -2.08. The van der Waals surface area contributed by atoms with Crippen LogP contribution in [0.4, 0.5) is 14.6 Å². The molecule has 1 rings (SSSR count). The molecule has 0 atom stereocenters. The van der Waals surface area contributed by atoms with Crippen LogP contribution in [-0.2, 0) is 5.88 Å². The highest BCUT2D eigenvalue weighted by molar-refractivity contribution is 9.10. The van der Waals surface area contributed by atoms with Gasteiger partial charge in [0.25, 0.3) is 6.43 Å². The third-order valence-corrected chi connectivity index (χ3v) is 2.36. The van der Waals surface area contributed by atoms with Gasteiger partial charge in [-0.25, -0.2) is 13.8 Å². The van der Waals surface area contributed by atoms with Crippen molar-refractivity contribution in [1.29, 1.82) is 0 Å². The van der Waals surface area contributed by atoms with Gasteiger partial charge in [0.15, 0.2) is 0 Å². The van der Waals surface area contributed by atoms with E-state index in [0.29, 0.717) is 0 Å². The lowest BCUT2D eigenvalue weighted by molar-refractivity contribution is 0.149. The highest BCUT2D eigenvalue weighted by atomic mass is 79.9. The van der Waals surface area contributed by atoms with E-state index in [4.69, 9.17) is 17.3 Å². The molecule has 0 saturated heterocycles. The summed E-state index contributed by atoms with van der Waals surface area (Å²) >= 11 is 8.43. The summed E-state index contributed by atoms with van der Waals surface area (Å²) in [5.74, 6) is 0.0930. The van der Waals surface area contributed by atoms with E-state index in [2.05, 4.69) is 20.9 Å². The first-order valence-corrected chi connectivity index (χ1v) is 4.68. The van der Waals surface area contributed by atoms with Gasteiger partial charge in [0.1, 0.15) is 5.82 Å². The first-order chi connectivity index (χ1) is 6.06. The fourth-order valence-corrected chi connectivity index (χ4v) is 1.77. The topological polar surface area (TPSA) is 38.9 Å². The number of hydrogen-bond acceptors (Lipinski definition) is 2. The molecule has 72 valence electrons. The van der Waals surface area contributed by atoms with E-state index in [0.717, 1.165) is 0 Å². The van der Waals surface area contributed by atoms with Crippen molar-refractivity contribution in [2.45, 2.75) is 12.3 Å². The van der Waals surface area contributed by atoms with E-state index in [9.17, 15) is 8.78 Å². The van der Waals surface area contributed by atoms with Gasteiger partial charge in [0, 0.05) is 4.47 Å². The average molecular weight is 271 g/mol. The average Bonchev–Trinajstić information content (AvgIpc) is 2.01. The predicted molar refractivity (Wildman–Crippen MR) is 50.9 cm³/mol. The second kappa shape index (κ2) is 4.19. The zero-order valence-corrected chi connectivity index (χ0v) is 8.74. The third-order valence-electron chi connectivity index (χ3n) is 1.45. The summed E-state index contributed by atoms with van der Waals surface area (Å²) in [7, 11) is 0. The molecule has 0 aromatic carbocycles. The van der Waals surface area contributed by atoms with Crippen LogP contribution in [0.25, 0.3) is 0 Å². The summed E-state index contributed by atoms with van der Waals surface area (Å²) in [5, 5.41) is 0. The van der Waals surface area contributed by atoms with Gasteiger partial charge in [-0.3, -0.25) is 0 Å². The van der Waals surface area contributed by atoms with Crippen LogP contribution < -0.4 is 5.73 Å². The SMILES string of the molecule is Nc1cc(Br)c(C(F)F)c(CCl)n1. The Hall–Kier alpha value is -0.420. The summed E-state index contributed by atoms with van der Waals surface area (Å²) in [5.41, 5.74) is 5.28. The van der Waals surface area contributed by atoms with Gasteiger partial charge >= 0.3 is 0 Å². The molecule has 0 aliphatic heterocycles. The molecule has 1 heterocycles. The molecule has 0 amide bonds. The molecular formula is C7H6BrClF2N2. The Morgan fingerprint density at radius 2 is 2.23 bits per heavy atom. The van der Waals surface area contributed by atoms with Gasteiger partial charge in [-0.1, -0.05) is 15.9 Å². The Morgan fingerprint density at radius 1 is 1.62 bits per heavy atom. The van der Waals surface area contributed by atoms with Crippen molar-refractivity contribution in [3.63, 3.8) is 0 Å². The predicted octanol–water partition coefficient (Wildman–Crippen LogP) is 3.10. The van der Waals surface area contributed by atoms with Gasteiger partial charge in [-0.05, 0) is 6.07 Å². The van der Waals surface area contributed by atoms with E-state index < -0.39 is 6.43 Å². The van der Waals surface area contributed by atoms with Crippen LogP contribution in [-0.4, -0.2) is 4.98 Å². The van der Waals surface area contributed by atoms with E-state index in [-0.39, 0.29) is 27.4 Å². The minimum absolute atomic E-state index is 0.0800. The van der Waals surface area contributed by atoms with Crippen LogP contribution in [0.5, 0.6) is 0 Å². The molecule has 0 unspecified atom stereocenters. The van der Waals surface area contributed by atoms with Gasteiger partial charge in [0.05, 0.1) is 17.1 Å². The second-order valence-corrected chi connectivity index (χ2v) is 3.45. The van der Waals surface area contributed by atoms with Crippen molar-refractivity contribution in [3.8, 4) is 0 Å². The number of rotatable bonds is 2.